The van der Waals surface area contributed by atoms with Gasteiger partial charge in [-0.3, -0.25) is 4.79 Å². The molecule has 0 N–H and O–H groups in total. The summed E-state index contributed by atoms with van der Waals surface area (Å²) < 4.78 is 32.7. The number of benzene rings is 1. The number of hydrogen-bond acceptors (Lipinski definition) is 4. The molecule has 160 valence electrons. The third kappa shape index (κ3) is 4.63. The molecule has 29 heavy (non-hydrogen) atoms. The highest BCUT2D eigenvalue weighted by molar-refractivity contribution is 7.88. The van der Waals surface area contributed by atoms with Gasteiger partial charge in [-0.15, -0.1) is 0 Å². The van der Waals surface area contributed by atoms with Crippen LogP contribution >= 0.6 is 11.6 Å². The molecule has 1 spiro atoms. The summed E-state index contributed by atoms with van der Waals surface area (Å²) in [6.45, 7) is 3.74. The van der Waals surface area contributed by atoms with Crippen LogP contribution in [0.2, 0.25) is 5.02 Å². The quantitative estimate of drug-likeness (QED) is 0.706. The van der Waals surface area contributed by atoms with Gasteiger partial charge in [-0.2, -0.15) is 0 Å². The Labute approximate surface area is 178 Å². The van der Waals surface area contributed by atoms with Crippen LogP contribution in [0.15, 0.2) is 24.3 Å². The fourth-order valence-corrected chi connectivity index (χ4v) is 6.64. The van der Waals surface area contributed by atoms with Gasteiger partial charge >= 0.3 is 0 Å². The second-order valence-corrected chi connectivity index (χ2v) is 11.0. The molecule has 2 aliphatic heterocycles. The van der Waals surface area contributed by atoms with Gasteiger partial charge < -0.3 is 9.64 Å². The second-order valence-electron chi connectivity index (χ2n) is 8.58. The summed E-state index contributed by atoms with van der Waals surface area (Å²) in [6, 6.07) is 6.99. The lowest BCUT2D eigenvalue weighted by molar-refractivity contribution is -0.140. The van der Waals surface area contributed by atoms with Gasteiger partial charge in [-0.1, -0.05) is 23.7 Å². The molecule has 1 aromatic carbocycles. The van der Waals surface area contributed by atoms with E-state index in [2.05, 4.69) is 0 Å². The topological polar surface area (TPSA) is 66.9 Å². The Morgan fingerprint density at radius 2 is 1.72 bits per heavy atom. The van der Waals surface area contributed by atoms with Gasteiger partial charge in [-0.25, -0.2) is 12.7 Å². The van der Waals surface area contributed by atoms with Crippen molar-refractivity contribution in [1.82, 2.24) is 9.21 Å². The normalized spacial score (nSPS) is 25.0. The Morgan fingerprint density at radius 3 is 2.31 bits per heavy atom. The SMILES string of the molecule is O=C(CC1CCC12CCN(S(=O)(=O)Cc1ccc(Cl)cc1)CC2)N1CCOCC1. The molecule has 1 atom stereocenters. The largest absolute Gasteiger partial charge is 0.378 e. The minimum absolute atomic E-state index is 0.0100. The van der Waals surface area contributed by atoms with Gasteiger partial charge in [0.1, 0.15) is 0 Å². The Morgan fingerprint density at radius 1 is 1.07 bits per heavy atom. The number of morpholine rings is 1. The molecule has 3 fully saturated rings. The highest BCUT2D eigenvalue weighted by Crippen LogP contribution is 2.55. The molecule has 0 radical (unpaired) electrons. The van der Waals surface area contributed by atoms with Crippen molar-refractivity contribution in [3.63, 3.8) is 0 Å². The summed E-state index contributed by atoms with van der Waals surface area (Å²) in [6.07, 6.45) is 4.49. The molecule has 3 aliphatic rings. The molecule has 6 nitrogen and oxygen atoms in total. The van der Waals surface area contributed by atoms with E-state index in [0.717, 1.165) is 31.2 Å². The van der Waals surface area contributed by atoms with Crippen molar-refractivity contribution in [2.75, 3.05) is 39.4 Å². The van der Waals surface area contributed by atoms with Crippen LogP contribution in [0, 0.1) is 11.3 Å². The van der Waals surface area contributed by atoms with Crippen molar-refractivity contribution in [1.29, 1.82) is 0 Å². The van der Waals surface area contributed by atoms with Crippen LogP contribution in [0.3, 0.4) is 0 Å². The number of carbonyl (C=O) groups excluding carboxylic acids is 1. The lowest BCUT2D eigenvalue weighted by atomic mass is 9.55. The maximum Gasteiger partial charge on any atom is 0.223 e. The first-order valence-corrected chi connectivity index (χ1v) is 12.4. The molecule has 1 saturated carbocycles. The second kappa shape index (κ2) is 8.53. The van der Waals surface area contributed by atoms with Crippen LogP contribution < -0.4 is 0 Å². The summed E-state index contributed by atoms with van der Waals surface area (Å²) in [5.41, 5.74) is 0.904. The van der Waals surface area contributed by atoms with Gasteiger partial charge in [0.15, 0.2) is 0 Å². The first-order valence-electron chi connectivity index (χ1n) is 10.5. The van der Waals surface area contributed by atoms with Crippen LogP contribution in [0.1, 0.15) is 37.7 Å². The number of amides is 1. The first kappa shape index (κ1) is 21.1. The van der Waals surface area contributed by atoms with Gasteiger partial charge in [0.2, 0.25) is 15.9 Å². The lowest BCUT2D eigenvalue weighted by Gasteiger charge is -2.54. The molecule has 2 heterocycles. The number of carbonyl (C=O) groups is 1. The Bertz CT molecular complexity index is 829. The summed E-state index contributed by atoms with van der Waals surface area (Å²) in [5, 5.41) is 0.605. The number of hydrogen-bond donors (Lipinski definition) is 0. The third-order valence-electron chi connectivity index (χ3n) is 7.02. The van der Waals surface area contributed by atoms with E-state index in [1.54, 1.807) is 28.6 Å². The van der Waals surface area contributed by atoms with Gasteiger partial charge in [0.25, 0.3) is 0 Å². The minimum Gasteiger partial charge on any atom is -0.378 e. The number of sulfonamides is 1. The molecule has 0 aromatic heterocycles. The number of piperidine rings is 1. The van der Waals surface area contributed by atoms with Gasteiger partial charge in [0, 0.05) is 37.6 Å². The average molecular weight is 441 g/mol. The maximum absolute atomic E-state index is 12.8. The lowest BCUT2D eigenvalue weighted by Crippen LogP contribution is -2.52. The van der Waals surface area contributed by atoms with Crippen LogP contribution in [0.5, 0.6) is 0 Å². The Balaban J connectivity index is 1.32. The summed E-state index contributed by atoms with van der Waals surface area (Å²) in [7, 11) is -3.34. The highest BCUT2D eigenvalue weighted by atomic mass is 35.5. The number of halogens is 1. The number of rotatable bonds is 5. The van der Waals surface area contributed by atoms with E-state index in [9.17, 15) is 13.2 Å². The van der Waals surface area contributed by atoms with Gasteiger partial charge in [0.05, 0.1) is 19.0 Å². The standard InChI is InChI=1S/C21H29ClN2O4S/c22-19-3-1-17(2-4-19)16-29(26,27)24-9-7-21(8-10-24)6-5-18(21)15-20(25)23-11-13-28-14-12-23/h1-4,18H,5-16H2. The molecule has 1 amide bonds. The van der Waals surface area contributed by atoms with Gasteiger partial charge in [-0.05, 0) is 54.7 Å². The summed E-state index contributed by atoms with van der Waals surface area (Å²) in [5.74, 6) is 0.630. The fraction of sp³-hybridized carbons (Fsp3) is 0.667. The van der Waals surface area contributed by atoms with Crippen molar-refractivity contribution in [3.05, 3.63) is 34.9 Å². The van der Waals surface area contributed by atoms with Crippen molar-refractivity contribution in [3.8, 4) is 0 Å². The minimum atomic E-state index is -3.34. The molecule has 1 aromatic rings. The van der Waals surface area contributed by atoms with E-state index in [4.69, 9.17) is 16.3 Å². The van der Waals surface area contributed by atoms with E-state index >= 15 is 0 Å². The van der Waals surface area contributed by atoms with Crippen molar-refractivity contribution in [2.45, 2.75) is 37.9 Å². The zero-order valence-electron chi connectivity index (χ0n) is 16.7. The smallest absolute Gasteiger partial charge is 0.223 e. The van der Waals surface area contributed by atoms with E-state index in [-0.39, 0.29) is 17.1 Å². The number of nitrogens with zero attached hydrogens (tertiary/aromatic N) is 2. The van der Waals surface area contributed by atoms with Crippen molar-refractivity contribution >= 4 is 27.5 Å². The average Bonchev–Trinajstić information content (AvgIpc) is 2.73. The molecular weight excluding hydrogens is 412 g/mol. The van der Waals surface area contributed by atoms with Crippen LogP contribution in [-0.4, -0.2) is 62.9 Å². The zero-order valence-corrected chi connectivity index (χ0v) is 18.3. The maximum atomic E-state index is 12.8. The monoisotopic (exact) mass is 440 g/mol. The van der Waals surface area contributed by atoms with Crippen LogP contribution in [-0.2, 0) is 25.3 Å². The van der Waals surface area contributed by atoms with Crippen LogP contribution in [0.4, 0.5) is 0 Å². The van der Waals surface area contributed by atoms with Crippen molar-refractivity contribution < 1.29 is 17.9 Å². The fourth-order valence-electron chi connectivity index (χ4n) is 4.98. The molecule has 2 saturated heterocycles. The molecule has 1 aliphatic carbocycles. The molecule has 1 unspecified atom stereocenters. The van der Waals surface area contributed by atoms with E-state index in [1.807, 2.05) is 4.90 Å². The predicted octanol–water partition coefficient (Wildman–Crippen LogP) is 2.91. The molecular formula is C21H29ClN2O4S. The van der Waals surface area contributed by atoms with Crippen molar-refractivity contribution in [2.24, 2.45) is 11.3 Å². The highest BCUT2D eigenvalue weighted by Gasteiger charge is 2.50. The van der Waals surface area contributed by atoms with E-state index in [0.29, 0.717) is 56.8 Å². The Kier molecular flexibility index (Phi) is 6.21. The third-order valence-corrected chi connectivity index (χ3v) is 9.12. The molecule has 0 bridgehead atoms. The van der Waals surface area contributed by atoms with Crippen LogP contribution in [0.25, 0.3) is 0 Å². The van der Waals surface area contributed by atoms with E-state index < -0.39 is 10.0 Å². The zero-order chi connectivity index (χ0) is 20.5. The number of ether oxygens (including phenoxy) is 1. The first-order chi connectivity index (χ1) is 13.9. The predicted molar refractivity (Wildman–Crippen MR) is 112 cm³/mol. The Hall–Kier alpha value is -1.15. The summed E-state index contributed by atoms with van der Waals surface area (Å²) >= 11 is 5.89. The molecule has 4 rings (SSSR count). The summed E-state index contributed by atoms with van der Waals surface area (Å²) in [4.78, 5) is 14.6. The molecule has 8 heteroatoms. The van der Waals surface area contributed by atoms with E-state index in [1.165, 1.54) is 0 Å².